The molecule has 0 saturated heterocycles. The van der Waals surface area contributed by atoms with E-state index in [1.165, 1.54) is 12.1 Å². The molecule has 3 nitrogen and oxygen atoms in total. The molecule has 0 bridgehead atoms. The largest absolute Gasteiger partial charge is 0.219 e. The maximum absolute atomic E-state index is 12.8. The molecule has 2 atom stereocenters. The molecule has 5 heteroatoms. The molecular formula is C17H16ClNO2S. The van der Waals surface area contributed by atoms with Gasteiger partial charge in [-0.3, -0.25) is 0 Å². The second kappa shape index (κ2) is 4.71. The molecule has 0 aromatic heterocycles. The number of halogens is 1. The lowest BCUT2D eigenvalue weighted by Gasteiger charge is -2.34. The van der Waals surface area contributed by atoms with E-state index in [-0.39, 0.29) is 10.3 Å². The van der Waals surface area contributed by atoms with Gasteiger partial charge in [-0.15, -0.1) is 0 Å². The maximum atomic E-state index is 12.8. The zero-order valence-electron chi connectivity index (χ0n) is 12.4. The van der Waals surface area contributed by atoms with Crippen LogP contribution in [0.15, 0.2) is 51.8 Å². The van der Waals surface area contributed by atoms with Crippen LogP contribution in [0.2, 0.25) is 5.02 Å². The van der Waals surface area contributed by atoms with Gasteiger partial charge >= 0.3 is 0 Å². The first-order valence-electron chi connectivity index (χ1n) is 7.06. The van der Waals surface area contributed by atoms with Crippen LogP contribution in [0.25, 0.3) is 0 Å². The Bertz CT molecular complexity index is 846. The lowest BCUT2D eigenvalue weighted by molar-refractivity contribution is 0.222. The van der Waals surface area contributed by atoms with Crippen LogP contribution >= 0.6 is 11.6 Å². The van der Waals surface area contributed by atoms with E-state index >= 15 is 0 Å². The summed E-state index contributed by atoms with van der Waals surface area (Å²) in [4.78, 5) is 0.651. The molecule has 0 saturated carbocycles. The number of benzene rings is 1. The fourth-order valence-corrected chi connectivity index (χ4v) is 5.27. The number of nitrogens with zero attached hydrogens (tertiary/aromatic N) is 1. The summed E-state index contributed by atoms with van der Waals surface area (Å²) in [5.74, 6) is 0. The summed E-state index contributed by atoms with van der Waals surface area (Å²) in [5, 5.41) is 9.83. The van der Waals surface area contributed by atoms with E-state index < -0.39 is 15.3 Å². The number of nitriles is 1. The molecule has 0 spiro atoms. The molecule has 22 heavy (non-hydrogen) atoms. The van der Waals surface area contributed by atoms with Crippen molar-refractivity contribution in [2.45, 2.75) is 31.6 Å². The van der Waals surface area contributed by atoms with Gasteiger partial charge in [0.25, 0.3) is 0 Å². The Morgan fingerprint density at radius 3 is 2.45 bits per heavy atom. The maximum Gasteiger partial charge on any atom is 0.202 e. The highest BCUT2D eigenvalue weighted by molar-refractivity contribution is 7.95. The molecule has 114 valence electrons. The van der Waals surface area contributed by atoms with Gasteiger partial charge in [0.2, 0.25) is 9.84 Å². The molecule has 3 rings (SSSR count). The quantitative estimate of drug-likeness (QED) is 0.812. The molecule has 2 aliphatic rings. The minimum atomic E-state index is -3.54. The topological polar surface area (TPSA) is 57.9 Å². The van der Waals surface area contributed by atoms with E-state index in [1.54, 1.807) is 12.1 Å². The fourth-order valence-electron chi connectivity index (χ4n) is 3.45. The Labute approximate surface area is 135 Å². The van der Waals surface area contributed by atoms with E-state index in [4.69, 9.17) is 11.6 Å². The highest BCUT2D eigenvalue weighted by atomic mass is 35.5. The van der Waals surface area contributed by atoms with Gasteiger partial charge in [-0.05, 0) is 37.1 Å². The fraction of sp³-hybridized carbons (Fsp3) is 0.353. The molecule has 2 unspecified atom stereocenters. The van der Waals surface area contributed by atoms with Crippen LogP contribution in [0.3, 0.4) is 0 Å². The Morgan fingerprint density at radius 2 is 1.86 bits per heavy atom. The van der Waals surface area contributed by atoms with Crippen molar-refractivity contribution in [3.63, 3.8) is 0 Å². The number of fused-ring (bicyclic) bond motifs is 1. The van der Waals surface area contributed by atoms with Gasteiger partial charge in [-0.2, -0.15) is 5.26 Å². The highest BCUT2D eigenvalue weighted by Crippen LogP contribution is 2.62. The third kappa shape index (κ3) is 1.96. The predicted molar refractivity (Wildman–Crippen MR) is 85.9 cm³/mol. The van der Waals surface area contributed by atoms with Crippen molar-refractivity contribution in [1.29, 1.82) is 5.26 Å². The number of rotatable bonds is 2. The molecule has 0 radical (unpaired) electrons. The smallest absolute Gasteiger partial charge is 0.202 e. The molecular weight excluding hydrogens is 318 g/mol. The van der Waals surface area contributed by atoms with Gasteiger partial charge in [-0.25, -0.2) is 8.42 Å². The van der Waals surface area contributed by atoms with Gasteiger partial charge < -0.3 is 0 Å². The van der Waals surface area contributed by atoms with Crippen LogP contribution in [0, 0.1) is 22.2 Å². The second-order valence-corrected chi connectivity index (χ2v) is 8.87. The summed E-state index contributed by atoms with van der Waals surface area (Å²) in [7, 11) is -3.54. The zero-order chi connectivity index (χ0) is 16.2. The Balaban J connectivity index is 2.04. The Morgan fingerprint density at radius 1 is 1.23 bits per heavy atom. The predicted octanol–water partition coefficient (Wildman–Crippen LogP) is 4.27. The minimum absolute atomic E-state index is 0.248. The van der Waals surface area contributed by atoms with E-state index in [0.29, 0.717) is 28.3 Å². The average Bonchev–Trinajstić information content (AvgIpc) is 2.86. The van der Waals surface area contributed by atoms with Gasteiger partial charge in [-0.1, -0.05) is 37.6 Å². The van der Waals surface area contributed by atoms with Crippen LogP contribution in [0.1, 0.15) is 26.7 Å². The first kappa shape index (κ1) is 15.3. The van der Waals surface area contributed by atoms with Gasteiger partial charge in [0.05, 0.1) is 11.0 Å². The monoisotopic (exact) mass is 333 g/mol. The van der Waals surface area contributed by atoms with Gasteiger partial charge in [0, 0.05) is 26.3 Å². The lowest BCUT2D eigenvalue weighted by atomic mass is 9.67. The normalized spacial score (nSPS) is 30.5. The summed E-state index contributed by atoms with van der Waals surface area (Å²) in [6.07, 6.45) is 4.85. The third-order valence-electron chi connectivity index (χ3n) is 5.18. The standard InChI is InChI=1S/C17H16ClNO2S/c1-16-8-7-12(11-19)17(16,2)10-15(9-16)22(20,21)14-5-3-13(18)4-6-14/h3-7,9H,8,10H2,1-2H3. The highest BCUT2D eigenvalue weighted by Gasteiger charge is 2.55. The van der Waals surface area contributed by atoms with Gasteiger partial charge in [0.15, 0.2) is 0 Å². The number of hydrogen-bond donors (Lipinski definition) is 0. The van der Waals surface area contributed by atoms with Crippen LogP contribution in [0.4, 0.5) is 0 Å². The number of allylic oxidation sites excluding steroid dienone is 4. The average molecular weight is 334 g/mol. The number of hydrogen-bond acceptors (Lipinski definition) is 3. The summed E-state index contributed by atoms with van der Waals surface area (Å²) in [5.41, 5.74) is -0.0590. The summed E-state index contributed by atoms with van der Waals surface area (Å²) in [6.45, 7) is 4.01. The van der Waals surface area contributed by atoms with Crippen LogP contribution in [0.5, 0.6) is 0 Å². The molecule has 2 aliphatic carbocycles. The molecule has 0 fully saturated rings. The summed E-state index contributed by atoms with van der Waals surface area (Å²) >= 11 is 5.83. The molecule has 0 N–H and O–H groups in total. The van der Waals surface area contributed by atoms with Crippen molar-refractivity contribution < 1.29 is 8.42 Å². The summed E-state index contributed by atoms with van der Waals surface area (Å²) in [6, 6.07) is 8.44. The molecule has 1 aromatic rings. The van der Waals surface area contributed by atoms with Crippen molar-refractivity contribution >= 4 is 21.4 Å². The minimum Gasteiger partial charge on any atom is -0.219 e. The Kier molecular flexibility index (Phi) is 3.28. The van der Waals surface area contributed by atoms with Crippen molar-refractivity contribution in [3.8, 4) is 6.07 Å². The first-order chi connectivity index (χ1) is 10.2. The zero-order valence-corrected chi connectivity index (χ0v) is 14.0. The van der Waals surface area contributed by atoms with E-state index in [9.17, 15) is 13.7 Å². The SMILES string of the molecule is CC12C=C(S(=O)(=O)c3ccc(Cl)cc3)CC1(C)C(C#N)=CC2. The van der Waals surface area contributed by atoms with E-state index in [2.05, 4.69) is 6.07 Å². The first-order valence-corrected chi connectivity index (χ1v) is 8.92. The molecule has 0 amide bonds. The molecule has 0 heterocycles. The van der Waals surface area contributed by atoms with Crippen LogP contribution in [-0.2, 0) is 9.84 Å². The van der Waals surface area contributed by atoms with Crippen LogP contribution < -0.4 is 0 Å². The van der Waals surface area contributed by atoms with Gasteiger partial charge in [0.1, 0.15) is 0 Å². The summed E-state index contributed by atoms with van der Waals surface area (Å²) < 4.78 is 25.7. The second-order valence-electron chi connectivity index (χ2n) is 6.43. The van der Waals surface area contributed by atoms with Crippen molar-refractivity contribution in [1.82, 2.24) is 0 Å². The van der Waals surface area contributed by atoms with E-state index in [0.717, 1.165) is 0 Å². The van der Waals surface area contributed by atoms with Crippen molar-refractivity contribution in [2.75, 3.05) is 0 Å². The lowest BCUT2D eigenvalue weighted by Crippen LogP contribution is -2.29. The van der Waals surface area contributed by atoms with Crippen molar-refractivity contribution in [3.05, 3.63) is 51.9 Å². The number of sulfone groups is 1. The third-order valence-corrected chi connectivity index (χ3v) is 7.28. The van der Waals surface area contributed by atoms with Crippen molar-refractivity contribution in [2.24, 2.45) is 10.8 Å². The molecule has 1 aromatic carbocycles. The van der Waals surface area contributed by atoms with E-state index in [1.807, 2.05) is 26.0 Å². The molecule has 0 aliphatic heterocycles. The van der Waals surface area contributed by atoms with Crippen LogP contribution in [-0.4, -0.2) is 8.42 Å². The Hall–Kier alpha value is -1.57.